The van der Waals surface area contributed by atoms with Gasteiger partial charge in [0.25, 0.3) is 0 Å². The maximum atomic E-state index is 13.1. The van der Waals surface area contributed by atoms with Gasteiger partial charge in [-0.3, -0.25) is 4.79 Å². The number of unbranched alkanes of at least 4 members (excludes halogenated alkanes) is 1. The first-order valence-electron chi connectivity index (χ1n) is 45.4. The lowest BCUT2D eigenvalue weighted by Gasteiger charge is -2.43. The van der Waals surface area contributed by atoms with Crippen LogP contribution in [0.1, 0.15) is 214 Å². The molecule has 12 rings (SSSR count). The minimum absolute atomic E-state index is 0. The van der Waals surface area contributed by atoms with Crippen molar-refractivity contribution in [1.29, 1.82) is 0 Å². The molecule has 0 spiro atoms. The summed E-state index contributed by atoms with van der Waals surface area (Å²) in [6.07, 6.45) is 3.11. The summed E-state index contributed by atoms with van der Waals surface area (Å²) in [5, 5.41) is 94.9. The number of fused-ring (bicyclic) bond motifs is 2. The number of alkyl carbamates (subject to hydrolysis) is 1. The van der Waals surface area contributed by atoms with E-state index < -0.39 is 80.2 Å². The third-order valence-electron chi connectivity index (χ3n) is 26.6. The summed E-state index contributed by atoms with van der Waals surface area (Å²) in [7, 11) is 2.16. The SMILES string of the molecule is C.C.CC1C(COC(=O)c2ccccc2)OC(OCCBr)C(C)C1C.CC1C(COC(=O)c2ccccc2)OC(OCCNC2CCC(NC(=O)OC(C)(C)C)CC2)C(C)C1C.C[N+]1=C(/C=C/C=C2/N(CCCCC(=O)CC3CCC(NCCOC4OC(CO)C(O)C(O)C4O)CC3)c3ccccc3C2(C)C)C(C)(C)c2ccccc21.OCC1OC(O)C(O)C(O)C1O. The summed E-state index contributed by atoms with van der Waals surface area (Å²) < 4.78 is 58.5. The number of aliphatic hydroxyl groups is 9. The summed E-state index contributed by atoms with van der Waals surface area (Å²) in [4.78, 5) is 52.0. The topological polar surface area (TPSA) is 385 Å². The molecule has 718 valence electrons. The zero-order chi connectivity index (χ0) is 91.7. The summed E-state index contributed by atoms with van der Waals surface area (Å²) in [5.41, 5.74) is 8.20. The second-order valence-electron chi connectivity index (χ2n) is 37.2. The van der Waals surface area contributed by atoms with E-state index in [0.717, 1.165) is 82.6 Å². The second kappa shape index (κ2) is 51.6. The first kappa shape index (κ1) is 108. The van der Waals surface area contributed by atoms with E-state index in [1.807, 2.05) is 57.2 Å². The van der Waals surface area contributed by atoms with Crippen LogP contribution >= 0.6 is 15.9 Å². The van der Waals surface area contributed by atoms with E-state index >= 15 is 0 Å². The number of ketones is 1. The number of nitrogens with zero attached hydrogens (tertiary/aromatic N) is 2. The number of hydrogen-bond donors (Lipinski definition) is 12. The van der Waals surface area contributed by atoms with Crippen molar-refractivity contribution < 1.29 is 117 Å². The van der Waals surface area contributed by atoms with Crippen LogP contribution < -0.4 is 20.9 Å². The summed E-state index contributed by atoms with van der Waals surface area (Å²) in [6, 6.07) is 36.3. The molecular formula is C99H153BrN5O23+. The molecule has 1 amide bonds. The number of hydrogen-bond acceptors (Lipinski definition) is 26. The van der Waals surface area contributed by atoms with Crippen LogP contribution in [-0.4, -0.2) is 268 Å². The lowest BCUT2D eigenvalue weighted by atomic mass is 9.79. The van der Waals surface area contributed by atoms with Gasteiger partial charge in [-0.2, -0.15) is 4.58 Å². The Kier molecular flexibility index (Phi) is 43.8. The monoisotopic (exact) mass is 1860 g/mol. The van der Waals surface area contributed by atoms with Gasteiger partial charge in [-0.05, 0) is 170 Å². The van der Waals surface area contributed by atoms with E-state index in [2.05, 4.69) is 189 Å². The number of rotatable bonds is 31. The van der Waals surface area contributed by atoms with Gasteiger partial charge in [0.2, 0.25) is 5.69 Å². The number of anilines is 1. The number of esters is 2. The molecule has 2 saturated carbocycles. The molecule has 0 aromatic heterocycles. The van der Waals surface area contributed by atoms with Crippen LogP contribution in [0.3, 0.4) is 0 Å². The third-order valence-corrected chi connectivity index (χ3v) is 26.9. The van der Waals surface area contributed by atoms with Gasteiger partial charge in [0.15, 0.2) is 30.9 Å². The van der Waals surface area contributed by atoms with Gasteiger partial charge in [0.05, 0.1) is 61.8 Å². The summed E-state index contributed by atoms with van der Waals surface area (Å²) in [5.74, 6) is 2.05. The maximum Gasteiger partial charge on any atom is 0.407 e. The Morgan fingerprint density at radius 3 is 1.51 bits per heavy atom. The number of nitrogens with one attached hydrogen (secondary N) is 3. The Morgan fingerprint density at radius 2 is 0.992 bits per heavy atom. The number of allylic oxidation sites excluding steroid dienone is 4. The molecule has 6 heterocycles. The molecule has 4 aromatic rings. The molecule has 0 radical (unpaired) electrons. The molecule has 29 heteroatoms. The smallest absolute Gasteiger partial charge is 0.407 e. The Hall–Kier alpha value is -6.53. The highest BCUT2D eigenvalue weighted by atomic mass is 79.9. The fourth-order valence-electron chi connectivity index (χ4n) is 18.1. The lowest BCUT2D eigenvalue weighted by Crippen LogP contribution is -2.59. The molecule has 12 N–H and O–H groups in total. The Morgan fingerprint density at radius 1 is 0.531 bits per heavy atom. The lowest BCUT2D eigenvalue weighted by molar-refractivity contribution is -0.401. The standard InChI is InChI=1S/C44H62N3O7.C29H46N2O6.C18H25BrO4.C6H12O6.2CH4/c1-43(2)32-14-6-8-16-34(32)46(5)37(43)18-12-19-38-44(3,4)33-15-7-9-17-35(33)47(38)25-11-10-13-31(49)27-29-20-22-30(23-21-29)45-24-26-53-42-41(52)40(51)39(50)36(28-48)54-42;1-19-20(2)25(18-35-26(32)22-10-8-7-9-11-22)36-27(21(19)3)34-17-16-30-23-12-14-24(15-13-23)31-28(33)37-29(4,5)6;1-12-13(2)16(23-18(14(12)3)21-10-9-19)11-22-17(20)15-7-5-4-6-8-15;7-1-2-3(8)4(9)5(10)6(11)12-2;;/h6-9,12,14-19,29-30,36,39-42,45,48,50-52H,10-11,13,20-28H2,1-5H3;7-11,19-21,23-25,27,30H,12-18H2,1-6H3,(H,31,33);4-8,12-14,16,18H,9-11H2,1-3H3;2-11H,1H2;2*1H4/q+1;;;;;. The van der Waals surface area contributed by atoms with Crippen molar-refractivity contribution in [2.24, 2.45) is 41.4 Å². The normalized spacial score (nSPS) is 31.4. The number of benzene rings is 4. The highest BCUT2D eigenvalue weighted by Gasteiger charge is 2.48. The van der Waals surface area contributed by atoms with Gasteiger partial charge < -0.3 is 114 Å². The van der Waals surface area contributed by atoms with Gasteiger partial charge in [-0.25, -0.2) is 14.4 Å². The molecule has 28 nitrogen and oxygen atoms in total. The van der Waals surface area contributed by atoms with E-state index in [1.165, 1.54) is 33.9 Å². The minimum Gasteiger partial charge on any atom is -0.459 e. The van der Waals surface area contributed by atoms with Gasteiger partial charge in [-0.15, -0.1) is 0 Å². The number of carbonyl (C=O) groups excluding carboxylic acids is 4. The molecule has 20 unspecified atom stereocenters. The van der Waals surface area contributed by atoms with Crippen LogP contribution in [0.25, 0.3) is 0 Å². The number of halogens is 1. The Bertz CT molecular complexity index is 4090. The van der Waals surface area contributed by atoms with E-state index in [9.17, 15) is 39.6 Å². The third kappa shape index (κ3) is 29.7. The number of aliphatic hydroxyl groups excluding tert-OH is 9. The van der Waals surface area contributed by atoms with Crippen molar-refractivity contribution in [1.82, 2.24) is 16.0 Å². The molecule has 4 aromatic carbocycles. The van der Waals surface area contributed by atoms with Crippen LogP contribution in [-0.2, 0) is 63.0 Å². The fourth-order valence-corrected chi connectivity index (χ4v) is 18.3. The summed E-state index contributed by atoms with van der Waals surface area (Å²) >= 11 is 3.36. The predicted molar refractivity (Wildman–Crippen MR) is 496 cm³/mol. The van der Waals surface area contributed by atoms with Crippen LogP contribution in [0.4, 0.5) is 16.2 Å². The number of amides is 1. The molecule has 2 aliphatic carbocycles. The molecule has 20 atom stereocenters. The largest absolute Gasteiger partial charge is 0.459 e. The zero-order valence-corrected chi connectivity index (χ0v) is 77.8. The van der Waals surface area contributed by atoms with Gasteiger partial charge >= 0.3 is 18.0 Å². The first-order chi connectivity index (χ1) is 60.0. The number of alkyl halides is 1. The predicted octanol–water partition coefficient (Wildman–Crippen LogP) is 11.9. The average molecular weight is 1860 g/mol. The van der Waals surface area contributed by atoms with Gasteiger partial charge in [-0.1, -0.05) is 165 Å². The van der Waals surface area contributed by atoms with Crippen LogP contribution in [0.2, 0.25) is 0 Å². The van der Waals surface area contributed by atoms with Crippen molar-refractivity contribution in [2.45, 2.75) is 303 Å². The van der Waals surface area contributed by atoms with Crippen molar-refractivity contribution in [3.63, 3.8) is 0 Å². The minimum atomic E-state index is -1.57. The van der Waals surface area contributed by atoms with Crippen molar-refractivity contribution in [2.75, 3.05) is 83.2 Å². The molecule has 8 aliphatic rings. The molecule has 128 heavy (non-hydrogen) atoms. The van der Waals surface area contributed by atoms with Crippen molar-refractivity contribution in [3.8, 4) is 0 Å². The van der Waals surface area contributed by atoms with Crippen LogP contribution in [0, 0.1) is 41.4 Å². The molecular weight excluding hydrogens is 1710 g/mol. The van der Waals surface area contributed by atoms with Crippen LogP contribution in [0.5, 0.6) is 0 Å². The van der Waals surface area contributed by atoms with E-state index in [4.69, 9.17) is 68.2 Å². The first-order valence-corrected chi connectivity index (χ1v) is 46.5. The fraction of sp³-hybridized carbons (Fsp3) is 0.667. The summed E-state index contributed by atoms with van der Waals surface area (Å²) in [6.45, 7) is 30.8. The Labute approximate surface area is 768 Å². The number of ether oxygens (including phenoxy) is 10. The van der Waals surface area contributed by atoms with Crippen LogP contribution in [0.15, 0.2) is 133 Å². The zero-order valence-electron chi connectivity index (χ0n) is 76.3. The van der Waals surface area contributed by atoms with Gasteiger partial charge in [0, 0.05) is 102 Å². The van der Waals surface area contributed by atoms with E-state index in [-0.39, 0.29) is 106 Å². The van der Waals surface area contributed by atoms with Crippen molar-refractivity contribution in [3.05, 3.63) is 155 Å². The molecule has 6 fully saturated rings. The maximum absolute atomic E-state index is 13.1. The number of para-hydroxylation sites is 2. The van der Waals surface area contributed by atoms with Gasteiger partial charge in [0.1, 0.15) is 80.5 Å². The quantitative estimate of drug-likeness (QED) is 0.00732. The molecule has 6 aliphatic heterocycles. The molecule has 0 bridgehead atoms. The molecule has 4 saturated heterocycles. The highest BCUT2D eigenvalue weighted by Crippen LogP contribution is 2.48. The number of Topliss-reactive ketones (excluding diaryl/α,β-unsaturated/α-hetero) is 1. The van der Waals surface area contributed by atoms with E-state index in [1.54, 1.807) is 24.3 Å². The Balaban J connectivity index is 0.000000261. The second-order valence-corrected chi connectivity index (χ2v) is 38.0. The van der Waals surface area contributed by atoms with Crippen molar-refractivity contribution >= 4 is 56.8 Å². The number of carbonyl (C=O) groups is 4. The van der Waals surface area contributed by atoms with E-state index in [0.29, 0.717) is 91.2 Å². The average Bonchev–Trinajstić information content (AvgIpc) is 1.59. The highest BCUT2D eigenvalue weighted by molar-refractivity contribution is 9.09.